The van der Waals surface area contributed by atoms with Crippen LogP contribution in [-0.2, 0) is 13.0 Å². The van der Waals surface area contributed by atoms with Gasteiger partial charge in [-0.2, -0.15) is 5.26 Å². The third-order valence-electron chi connectivity index (χ3n) is 2.69. The minimum Gasteiger partial charge on any atom is -0.301 e. The standard InChI is InChI=1S/C13H12N2O/c1-2-10-3-4-12-11(9-10)5-7-15(8-6-14)13(12)16/h3-5,7,9H,2,8H2,1H3. The van der Waals surface area contributed by atoms with Crippen LogP contribution in [0.25, 0.3) is 10.8 Å². The van der Waals surface area contributed by atoms with Gasteiger partial charge in [0, 0.05) is 11.6 Å². The summed E-state index contributed by atoms with van der Waals surface area (Å²) >= 11 is 0. The normalized spacial score (nSPS) is 10.2. The Hall–Kier alpha value is -2.08. The monoisotopic (exact) mass is 212 g/mol. The maximum absolute atomic E-state index is 11.9. The molecule has 0 aliphatic heterocycles. The molecule has 80 valence electrons. The van der Waals surface area contributed by atoms with Crippen LogP contribution in [0.4, 0.5) is 0 Å². The van der Waals surface area contributed by atoms with E-state index in [1.165, 1.54) is 10.1 Å². The number of hydrogen-bond donors (Lipinski definition) is 0. The molecule has 0 unspecified atom stereocenters. The van der Waals surface area contributed by atoms with Gasteiger partial charge in [-0.1, -0.05) is 19.1 Å². The van der Waals surface area contributed by atoms with Gasteiger partial charge in [-0.15, -0.1) is 0 Å². The highest BCUT2D eigenvalue weighted by Crippen LogP contribution is 2.12. The second-order valence-electron chi connectivity index (χ2n) is 3.68. The molecule has 0 amide bonds. The van der Waals surface area contributed by atoms with Crippen molar-refractivity contribution >= 4 is 10.8 Å². The second-order valence-corrected chi connectivity index (χ2v) is 3.68. The highest BCUT2D eigenvalue weighted by Gasteiger charge is 2.02. The summed E-state index contributed by atoms with van der Waals surface area (Å²) in [7, 11) is 0. The van der Waals surface area contributed by atoms with Crippen LogP contribution in [0.5, 0.6) is 0 Å². The van der Waals surface area contributed by atoms with Gasteiger partial charge in [0.1, 0.15) is 6.54 Å². The van der Waals surface area contributed by atoms with Crippen molar-refractivity contribution in [1.29, 1.82) is 5.26 Å². The van der Waals surface area contributed by atoms with E-state index >= 15 is 0 Å². The molecule has 0 fully saturated rings. The van der Waals surface area contributed by atoms with Gasteiger partial charge in [0.05, 0.1) is 6.07 Å². The maximum Gasteiger partial charge on any atom is 0.259 e. The number of benzene rings is 1. The molecule has 3 heteroatoms. The SMILES string of the molecule is CCc1ccc2c(=O)n(CC#N)ccc2c1. The predicted molar refractivity (Wildman–Crippen MR) is 63.2 cm³/mol. The van der Waals surface area contributed by atoms with Gasteiger partial charge in [0.25, 0.3) is 5.56 Å². The van der Waals surface area contributed by atoms with Crippen molar-refractivity contribution in [2.24, 2.45) is 0 Å². The van der Waals surface area contributed by atoms with Crippen molar-refractivity contribution in [2.75, 3.05) is 0 Å². The third kappa shape index (κ3) is 1.70. The Morgan fingerprint density at radius 2 is 2.19 bits per heavy atom. The summed E-state index contributed by atoms with van der Waals surface area (Å²) in [5.41, 5.74) is 1.12. The van der Waals surface area contributed by atoms with Crippen LogP contribution in [-0.4, -0.2) is 4.57 Å². The van der Waals surface area contributed by atoms with E-state index < -0.39 is 0 Å². The zero-order chi connectivity index (χ0) is 11.5. The molecule has 0 atom stereocenters. The molecule has 0 N–H and O–H groups in total. The van der Waals surface area contributed by atoms with Crippen molar-refractivity contribution in [3.63, 3.8) is 0 Å². The highest BCUT2D eigenvalue weighted by atomic mass is 16.1. The summed E-state index contributed by atoms with van der Waals surface area (Å²) in [4.78, 5) is 11.9. The largest absolute Gasteiger partial charge is 0.301 e. The molecule has 1 aromatic carbocycles. The van der Waals surface area contributed by atoms with Crippen LogP contribution in [0.2, 0.25) is 0 Å². The van der Waals surface area contributed by atoms with Crippen LogP contribution >= 0.6 is 0 Å². The summed E-state index contributed by atoms with van der Waals surface area (Å²) in [5, 5.41) is 10.2. The molecule has 3 nitrogen and oxygen atoms in total. The fraction of sp³-hybridized carbons (Fsp3) is 0.231. The average Bonchev–Trinajstić information content (AvgIpc) is 2.32. The molecule has 2 rings (SSSR count). The number of pyridine rings is 1. The Morgan fingerprint density at radius 3 is 2.88 bits per heavy atom. The molecule has 0 saturated heterocycles. The van der Waals surface area contributed by atoms with Crippen LogP contribution in [0, 0.1) is 11.3 Å². The van der Waals surface area contributed by atoms with E-state index in [0.717, 1.165) is 11.8 Å². The summed E-state index contributed by atoms with van der Waals surface area (Å²) in [5.74, 6) is 0. The number of hydrogen-bond acceptors (Lipinski definition) is 2. The van der Waals surface area contributed by atoms with Gasteiger partial charge < -0.3 is 4.57 Å². The molecule has 0 bridgehead atoms. The first-order valence-electron chi connectivity index (χ1n) is 5.25. The van der Waals surface area contributed by atoms with Crippen LogP contribution in [0.3, 0.4) is 0 Å². The lowest BCUT2D eigenvalue weighted by molar-refractivity contribution is 0.798. The van der Waals surface area contributed by atoms with Gasteiger partial charge in [-0.05, 0) is 29.5 Å². The molecular formula is C13H12N2O. The lowest BCUT2D eigenvalue weighted by Gasteiger charge is -2.04. The van der Waals surface area contributed by atoms with E-state index in [4.69, 9.17) is 5.26 Å². The minimum absolute atomic E-state index is 0.0956. The summed E-state index contributed by atoms with van der Waals surface area (Å²) in [6.45, 7) is 2.18. The molecule has 0 aliphatic carbocycles. The smallest absolute Gasteiger partial charge is 0.259 e. The minimum atomic E-state index is -0.0956. The first-order chi connectivity index (χ1) is 7.76. The average molecular weight is 212 g/mol. The van der Waals surface area contributed by atoms with E-state index in [9.17, 15) is 4.79 Å². The van der Waals surface area contributed by atoms with E-state index in [1.54, 1.807) is 6.20 Å². The number of nitrogens with zero attached hydrogens (tertiary/aromatic N) is 2. The van der Waals surface area contributed by atoms with Gasteiger partial charge in [-0.3, -0.25) is 4.79 Å². The number of aryl methyl sites for hydroxylation is 1. The lowest BCUT2D eigenvalue weighted by atomic mass is 10.1. The summed E-state index contributed by atoms with van der Waals surface area (Å²) < 4.78 is 1.42. The number of fused-ring (bicyclic) bond motifs is 1. The van der Waals surface area contributed by atoms with Gasteiger partial charge in [0.15, 0.2) is 0 Å². The molecule has 0 radical (unpaired) electrons. The molecule has 0 spiro atoms. The van der Waals surface area contributed by atoms with Gasteiger partial charge in [0.2, 0.25) is 0 Å². The Bertz CT molecular complexity index is 620. The Balaban J connectivity index is 2.68. The highest BCUT2D eigenvalue weighted by molar-refractivity contribution is 5.82. The fourth-order valence-electron chi connectivity index (χ4n) is 1.76. The topological polar surface area (TPSA) is 45.8 Å². The Labute approximate surface area is 93.6 Å². The van der Waals surface area contributed by atoms with E-state index in [0.29, 0.717) is 5.39 Å². The molecule has 1 aromatic heterocycles. The Kier molecular flexibility index (Phi) is 2.74. The Morgan fingerprint density at radius 1 is 1.38 bits per heavy atom. The van der Waals surface area contributed by atoms with Gasteiger partial charge >= 0.3 is 0 Å². The number of rotatable bonds is 2. The van der Waals surface area contributed by atoms with Crippen LogP contribution < -0.4 is 5.56 Å². The molecule has 2 aromatic rings. The first-order valence-corrected chi connectivity index (χ1v) is 5.25. The number of nitriles is 1. The van der Waals surface area contributed by atoms with Crippen molar-refractivity contribution in [3.8, 4) is 6.07 Å². The predicted octanol–water partition coefficient (Wildman–Crippen LogP) is 2.09. The molecule has 16 heavy (non-hydrogen) atoms. The number of aromatic nitrogens is 1. The van der Waals surface area contributed by atoms with E-state index in [-0.39, 0.29) is 12.1 Å². The first kappa shape index (κ1) is 10.4. The summed E-state index contributed by atoms with van der Waals surface area (Å²) in [6, 6.07) is 9.67. The molecule has 1 heterocycles. The van der Waals surface area contributed by atoms with Crippen molar-refractivity contribution < 1.29 is 0 Å². The van der Waals surface area contributed by atoms with Crippen molar-refractivity contribution in [2.45, 2.75) is 19.9 Å². The van der Waals surface area contributed by atoms with Gasteiger partial charge in [-0.25, -0.2) is 0 Å². The quantitative estimate of drug-likeness (QED) is 0.765. The molecule has 0 aliphatic rings. The zero-order valence-corrected chi connectivity index (χ0v) is 9.10. The second kappa shape index (κ2) is 4.19. The molecule has 0 saturated carbocycles. The molecular weight excluding hydrogens is 200 g/mol. The van der Waals surface area contributed by atoms with E-state index in [2.05, 4.69) is 6.92 Å². The zero-order valence-electron chi connectivity index (χ0n) is 9.10. The fourth-order valence-corrected chi connectivity index (χ4v) is 1.76. The maximum atomic E-state index is 11.9. The van der Waals surface area contributed by atoms with Crippen molar-refractivity contribution in [1.82, 2.24) is 4.57 Å². The van der Waals surface area contributed by atoms with Crippen LogP contribution in [0.1, 0.15) is 12.5 Å². The lowest BCUT2D eigenvalue weighted by Crippen LogP contribution is -2.18. The van der Waals surface area contributed by atoms with Crippen molar-refractivity contribution in [3.05, 3.63) is 46.4 Å². The van der Waals surface area contributed by atoms with E-state index in [1.807, 2.05) is 30.3 Å². The third-order valence-corrected chi connectivity index (χ3v) is 2.69. The summed E-state index contributed by atoms with van der Waals surface area (Å²) in [6.07, 6.45) is 2.63. The van der Waals surface area contributed by atoms with Crippen LogP contribution in [0.15, 0.2) is 35.3 Å².